The molecule has 3 aromatic rings. The normalized spacial score (nSPS) is 10.9. The fraction of sp³-hybridized carbons (Fsp3) is 0.0588. The Kier molecular flexibility index (Phi) is 4.46. The monoisotopic (exact) mass is 309 g/mol. The van der Waals surface area contributed by atoms with Gasteiger partial charge in [0.25, 0.3) is 5.91 Å². The summed E-state index contributed by atoms with van der Waals surface area (Å²) in [5, 5.41) is 8.69. The standard InChI is InChI=1S/C17H15N3OS/c21-17(9-8-14-5-2-1-3-6-14)20(15-11-18-19-12-15)13-16-7-4-10-22-16/h1-12H,13H2,(H,18,19). The minimum atomic E-state index is -0.0707. The molecule has 4 nitrogen and oxygen atoms in total. The highest BCUT2D eigenvalue weighted by atomic mass is 32.1. The van der Waals surface area contributed by atoms with E-state index in [0.717, 1.165) is 16.1 Å². The SMILES string of the molecule is O=C(C=Cc1ccccc1)N(Cc1cccs1)c1cn[nH]c1. The largest absolute Gasteiger partial charge is 0.301 e. The summed E-state index contributed by atoms with van der Waals surface area (Å²) in [6.07, 6.45) is 6.80. The fourth-order valence-corrected chi connectivity index (χ4v) is 2.76. The third kappa shape index (κ3) is 3.51. The number of nitrogens with zero attached hydrogens (tertiary/aromatic N) is 2. The maximum atomic E-state index is 12.5. The molecule has 0 radical (unpaired) electrons. The van der Waals surface area contributed by atoms with Crippen LogP contribution in [-0.2, 0) is 11.3 Å². The van der Waals surface area contributed by atoms with Gasteiger partial charge in [0.1, 0.15) is 0 Å². The summed E-state index contributed by atoms with van der Waals surface area (Å²) in [4.78, 5) is 15.4. The summed E-state index contributed by atoms with van der Waals surface area (Å²) in [6, 6.07) is 13.8. The number of aromatic amines is 1. The van der Waals surface area contributed by atoms with Gasteiger partial charge in [-0.05, 0) is 23.1 Å². The number of benzene rings is 1. The number of thiophene rings is 1. The second kappa shape index (κ2) is 6.87. The van der Waals surface area contributed by atoms with Gasteiger partial charge in [-0.3, -0.25) is 9.89 Å². The van der Waals surface area contributed by atoms with Crippen LogP contribution in [0.2, 0.25) is 0 Å². The number of aromatic nitrogens is 2. The molecule has 1 aromatic carbocycles. The molecule has 0 aliphatic rings. The van der Waals surface area contributed by atoms with E-state index in [1.807, 2.05) is 53.9 Å². The third-order valence-corrected chi connectivity index (χ3v) is 4.03. The Hall–Kier alpha value is -2.66. The van der Waals surface area contributed by atoms with E-state index in [9.17, 15) is 4.79 Å². The Morgan fingerprint density at radius 3 is 2.77 bits per heavy atom. The van der Waals surface area contributed by atoms with Gasteiger partial charge in [0.2, 0.25) is 0 Å². The second-order valence-corrected chi connectivity index (χ2v) is 5.74. The molecule has 0 unspecified atom stereocenters. The number of rotatable bonds is 5. The average molecular weight is 309 g/mol. The minimum absolute atomic E-state index is 0.0707. The molecule has 0 fully saturated rings. The van der Waals surface area contributed by atoms with Crippen LogP contribution in [0.5, 0.6) is 0 Å². The van der Waals surface area contributed by atoms with Gasteiger partial charge in [0.15, 0.2) is 0 Å². The molecule has 3 rings (SSSR count). The zero-order chi connectivity index (χ0) is 15.2. The maximum absolute atomic E-state index is 12.5. The lowest BCUT2D eigenvalue weighted by Gasteiger charge is -2.18. The van der Waals surface area contributed by atoms with E-state index in [2.05, 4.69) is 10.2 Å². The second-order valence-electron chi connectivity index (χ2n) is 4.70. The number of hydrogen-bond donors (Lipinski definition) is 1. The van der Waals surface area contributed by atoms with Crippen molar-refractivity contribution in [2.24, 2.45) is 0 Å². The van der Waals surface area contributed by atoms with Gasteiger partial charge < -0.3 is 4.90 Å². The zero-order valence-electron chi connectivity index (χ0n) is 11.8. The average Bonchev–Trinajstić information content (AvgIpc) is 3.24. The van der Waals surface area contributed by atoms with E-state index in [4.69, 9.17) is 0 Å². The molecule has 0 atom stereocenters. The molecule has 0 spiro atoms. The van der Waals surface area contributed by atoms with Gasteiger partial charge in [0, 0.05) is 17.2 Å². The van der Waals surface area contributed by atoms with Crippen LogP contribution in [0.4, 0.5) is 5.69 Å². The Morgan fingerprint density at radius 1 is 1.23 bits per heavy atom. The Balaban J connectivity index is 1.79. The quantitative estimate of drug-likeness (QED) is 0.730. The highest BCUT2D eigenvalue weighted by Gasteiger charge is 2.15. The number of amides is 1. The van der Waals surface area contributed by atoms with Gasteiger partial charge in [-0.2, -0.15) is 5.10 Å². The van der Waals surface area contributed by atoms with Crippen LogP contribution >= 0.6 is 11.3 Å². The Labute approximate surface area is 132 Å². The van der Waals surface area contributed by atoms with Crippen molar-refractivity contribution < 1.29 is 4.79 Å². The summed E-state index contributed by atoms with van der Waals surface area (Å²) < 4.78 is 0. The number of H-pyrrole nitrogens is 1. The molecule has 2 aromatic heterocycles. The topological polar surface area (TPSA) is 49.0 Å². The van der Waals surface area contributed by atoms with E-state index in [0.29, 0.717) is 6.54 Å². The Morgan fingerprint density at radius 2 is 2.09 bits per heavy atom. The molecule has 0 saturated carbocycles. The smallest absolute Gasteiger partial charge is 0.251 e. The van der Waals surface area contributed by atoms with Crippen LogP contribution < -0.4 is 4.90 Å². The van der Waals surface area contributed by atoms with Gasteiger partial charge in [-0.25, -0.2) is 0 Å². The molecule has 5 heteroatoms. The lowest BCUT2D eigenvalue weighted by Crippen LogP contribution is -2.27. The van der Waals surface area contributed by atoms with Crippen molar-refractivity contribution in [2.45, 2.75) is 6.54 Å². The molecule has 0 aliphatic heterocycles. The van der Waals surface area contributed by atoms with Crippen molar-refractivity contribution in [1.29, 1.82) is 0 Å². The first kappa shape index (κ1) is 14.3. The van der Waals surface area contributed by atoms with Crippen LogP contribution in [0, 0.1) is 0 Å². The minimum Gasteiger partial charge on any atom is -0.301 e. The zero-order valence-corrected chi connectivity index (χ0v) is 12.7. The summed E-state index contributed by atoms with van der Waals surface area (Å²) in [5.41, 5.74) is 1.76. The highest BCUT2D eigenvalue weighted by Crippen LogP contribution is 2.19. The molecule has 0 bridgehead atoms. The maximum Gasteiger partial charge on any atom is 0.251 e. The van der Waals surface area contributed by atoms with Crippen LogP contribution in [0.15, 0.2) is 66.3 Å². The summed E-state index contributed by atoms with van der Waals surface area (Å²) >= 11 is 1.63. The van der Waals surface area contributed by atoms with E-state index in [1.54, 1.807) is 34.7 Å². The molecule has 0 aliphatic carbocycles. The molecule has 2 heterocycles. The van der Waals surface area contributed by atoms with Crippen molar-refractivity contribution in [2.75, 3.05) is 4.90 Å². The van der Waals surface area contributed by atoms with Gasteiger partial charge in [-0.1, -0.05) is 36.4 Å². The molecule has 110 valence electrons. The first-order chi connectivity index (χ1) is 10.8. The summed E-state index contributed by atoms with van der Waals surface area (Å²) in [6.45, 7) is 0.537. The van der Waals surface area contributed by atoms with Crippen LogP contribution in [0.25, 0.3) is 6.08 Å². The predicted molar refractivity (Wildman–Crippen MR) is 89.6 cm³/mol. The number of nitrogens with one attached hydrogen (secondary N) is 1. The summed E-state index contributed by atoms with van der Waals surface area (Å²) in [5.74, 6) is -0.0707. The predicted octanol–water partition coefficient (Wildman–Crippen LogP) is 3.72. The fourth-order valence-electron chi connectivity index (χ4n) is 2.07. The lowest BCUT2D eigenvalue weighted by atomic mass is 10.2. The third-order valence-electron chi connectivity index (χ3n) is 3.17. The van der Waals surface area contributed by atoms with E-state index in [-0.39, 0.29) is 5.91 Å². The highest BCUT2D eigenvalue weighted by molar-refractivity contribution is 7.09. The summed E-state index contributed by atoms with van der Waals surface area (Å²) in [7, 11) is 0. The molecular formula is C17H15N3OS. The number of anilines is 1. The molecule has 1 amide bonds. The van der Waals surface area contributed by atoms with E-state index in [1.165, 1.54) is 0 Å². The van der Waals surface area contributed by atoms with Gasteiger partial charge >= 0.3 is 0 Å². The lowest BCUT2D eigenvalue weighted by molar-refractivity contribution is -0.114. The number of carbonyl (C=O) groups excluding carboxylic acids is 1. The Bertz CT molecular complexity index is 734. The molecule has 1 N–H and O–H groups in total. The first-order valence-corrected chi connectivity index (χ1v) is 7.77. The van der Waals surface area contributed by atoms with E-state index < -0.39 is 0 Å². The van der Waals surface area contributed by atoms with Gasteiger partial charge in [-0.15, -0.1) is 11.3 Å². The molecular weight excluding hydrogens is 294 g/mol. The van der Waals surface area contributed by atoms with Gasteiger partial charge in [0.05, 0.1) is 18.4 Å². The number of hydrogen-bond acceptors (Lipinski definition) is 3. The van der Waals surface area contributed by atoms with Crippen LogP contribution in [0.3, 0.4) is 0 Å². The molecule has 22 heavy (non-hydrogen) atoms. The molecule has 0 saturated heterocycles. The first-order valence-electron chi connectivity index (χ1n) is 6.89. The van der Waals surface area contributed by atoms with Crippen molar-refractivity contribution in [1.82, 2.24) is 10.2 Å². The van der Waals surface area contributed by atoms with E-state index >= 15 is 0 Å². The van der Waals surface area contributed by atoms with Crippen molar-refractivity contribution >= 4 is 29.0 Å². The van der Waals surface area contributed by atoms with Crippen molar-refractivity contribution in [3.8, 4) is 0 Å². The van der Waals surface area contributed by atoms with Crippen molar-refractivity contribution in [3.05, 3.63) is 76.8 Å². The number of carbonyl (C=O) groups is 1. The van der Waals surface area contributed by atoms with Crippen LogP contribution in [-0.4, -0.2) is 16.1 Å². The van der Waals surface area contributed by atoms with Crippen molar-refractivity contribution in [3.63, 3.8) is 0 Å². The van der Waals surface area contributed by atoms with Crippen LogP contribution in [0.1, 0.15) is 10.4 Å².